The Bertz CT molecular complexity index is 512. The maximum atomic E-state index is 12.0. The van der Waals surface area contributed by atoms with E-state index >= 15 is 0 Å². The number of hydrogen-bond acceptors (Lipinski definition) is 4. The van der Waals surface area contributed by atoms with Crippen molar-refractivity contribution in [2.75, 3.05) is 11.9 Å². The average Bonchev–Trinajstić information content (AvgIpc) is 2.92. The number of likely N-dealkylation sites (tertiary alicyclic amines) is 1. The molecule has 6 nitrogen and oxygen atoms in total. The van der Waals surface area contributed by atoms with Crippen molar-refractivity contribution in [2.24, 2.45) is 0 Å². The summed E-state index contributed by atoms with van der Waals surface area (Å²) in [5.41, 5.74) is 1.04. The molecule has 102 valence electrons. The molecule has 1 atom stereocenters. The highest BCUT2D eigenvalue weighted by atomic mass is 32.1. The van der Waals surface area contributed by atoms with Crippen LogP contribution in [0.1, 0.15) is 37.3 Å². The molecule has 1 aromatic rings. The highest BCUT2D eigenvalue weighted by Crippen LogP contribution is 2.40. The quantitative estimate of drug-likeness (QED) is 0.888. The number of aromatic nitrogens is 1. The van der Waals surface area contributed by atoms with Gasteiger partial charge in [0.05, 0.1) is 5.69 Å². The minimum atomic E-state index is -0.939. The average molecular weight is 281 g/mol. The maximum absolute atomic E-state index is 12.0. The molecular weight excluding hydrogens is 266 g/mol. The molecule has 1 aliphatic heterocycles. The Labute approximate surface area is 114 Å². The Morgan fingerprint density at radius 1 is 1.42 bits per heavy atom. The van der Waals surface area contributed by atoms with Crippen LogP contribution in [0.5, 0.6) is 0 Å². The summed E-state index contributed by atoms with van der Waals surface area (Å²) in [5, 5.41) is 14.3. The Morgan fingerprint density at radius 3 is 2.89 bits per heavy atom. The maximum Gasteiger partial charge on any atom is 0.326 e. The van der Waals surface area contributed by atoms with Crippen LogP contribution in [0, 0.1) is 0 Å². The van der Waals surface area contributed by atoms with E-state index in [1.807, 2.05) is 5.38 Å². The van der Waals surface area contributed by atoms with Crippen molar-refractivity contribution in [1.29, 1.82) is 0 Å². The summed E-state index contributed by atoms with van der Waals surface area (Å²) in [6.07, 6.45) is 3.60. The van der Waals surface area contributed by atoms with Gasteiger partial charge in [-0.1, -0.05) is 0 Å². The predicted molar refractivity (Wildman–Crippen MR) is 70.5 cm³/mol. The third kappa shape index (κ3) is 2.56. The van der Waals surface area contributed by atoms with E-state index in [2.05, 4.69) is 10.3 Å². The van der Waals surface area contributed by atoms with Crippen molar-refractivity contribution < 1.29 is 14.7 Å². The molecule has 2 heterocycles. The van der Waals surface area contributed by atoms with Gasteiger partial charge in [0.25, 0.3) is 0 Å². The second-order valence-electron chi connectivity index (χ2n) is 4.97. The zero-order chi connectivity index (χ0) is 13.4. The van der Waals surface area contributed by atoms with Gasteiger partial charge in [-0.3, -0.25) is 5.32 Å². The van der Waals surface area contributed by atoms with Crippen LogP contribution in [0.3, 0.4) is 0 Å². The fourth-order valence-corrected chi connectivity index (χ4v) is 3.12. The van der Waals surface area contributed by atoms with Gasteiger partial charge in [-0.25, -0.2) is 14.6 Å². The summed E-state index contributed by atoms with van der Waals surface area (Å²) in [7, 11) is 0. The molecule has 2 fully saturated rings. The lowest BCUT2D eigenvalue weighted by atomic mass is 10.2. The topological polar surface area (TPSA) is 82.5 Å². The fourth-order valence-electron chi connectivity index (χ4n) is 2.34. The van der Waals surface area contributed by atoms with Gasteiger partial charge >= 0.3 is 12.0 Å². The summed E-state index contributed by atoms with van der Waals surface area (Å²) < 4.78 is 0. The second-order valence-corrected chi connectivity index (χ2v) is 5.83. The third-order valence-corrected chi connectivity index (χ3v) is 4.31. The molecule has 0 radical (unpaired) electrons. The molecule has 0 unspecified atom stereocenters. The minimum absolute atomic E-state index is 0.360. The van der Waals surface area contributed by atoms with Gasteiger partial charge in [0.2, 0.25) is 0 Å². The smallest absolute Gasteiger partial charge is 0.326 e. The zero-order valence-corrected chi connectivity index (χ0v) is 11.2. The van der Waals surface area contributed by atoms with Crippen LogP contribution in [-0.2, 0) is 4.79 Å². The van der Waals surface area contributed by atoms with E-state index in [0.29, 0.717) is 24.0 Å². The van der Waals surface area contributed by atoms with Crippen LogP contribution in [0.4, 0.5) is 9.93 Å². The molecule has 7 heteroatoms. The first-order chi connectivity index (χ1) is 9.15. The number of nitrogens with one attached hydrogen (secondary N) is 1. The standard InChI is InChI=1S/C12H15N3O3S/c16-10(17)9-2-1-5-15(9)12(18)14-11-13-8(6-19-11)7-3-4-7/h6-7,9H,1-5H2,(H,16,17)(H,13,14,18)/t9-/m1/s1. The molecule has 2 N–H and O–H groups in total. The van der Waals surface area contributed by atoms with Crippen LogP contribution in [-0.4, -0.2) is 39.6 Å². The predicted octanol–water partition coefficient (Wildman–Crippen LogP) is 2.10. The van der Waals surface area contributed by atoms with E-state index in [1.165, 1.54) is 29.1 Å². The van der Waals surface area contributed by atoms with Crippen LogP contribution in [0.25, 0.3) is 0 Å². The molecule has 0 spiro atoms. The largest absolute Gasteiger partial charge is 0.480 e. The van der Waals surface area contributed by atoms with Crippen LogP contribution in [0.2, 0.25) is 0 Å². The zero-order valence-electron chi connectivity index (χ0n) is 10.3. The Balaban J connectivity index is 1.64. The van der Waals surface area contributed by atoms with Gasteiger partial charge in [-0.2, -0.15) is 0 Å². The first-order valence-corrected chi connectivity index (χ1v) is 7.29. The van der Waals surface area contributed by atoms with Crippen molar-refractivity contribution in [1.82, 2.24) is 9.88 Å². The van der Waals surface area contributed by atoms with E-state index in [4.69, 9.17) is 5.11 Å². The number of thiazole rings is 1. The van der Waals surface area contributed by atoms with E-state index in [-0.39, 0.29) is 6.03 Å². The van der Waals surface area contributed by atoms with Crippen LogP contribution in [0.15, 0.2) is 5.38 Å². The Morgan fingerprint density at radius 2 is 2.21 bits per heavy atom. The first kappa shape index (κ1) is 12.4. The van der Waals surface area contributed by atoms with Gasteiger partial charge in [0.15, 0.2) is 5.13 Å². The molecule has 3 rings (SSSR count). The van der Waals surface area contributed by atoms with Crippen molar-refractivity contribution in [3.63, 3.8) is 0 Å². The lowest BCUT2D eigenvalue weighted by molar-refractivity contribution is -0.141. The number of carboxylic acid groups (broad SMARTS) is 1. The number of rotatable bonds is 3. The molecule has 19 heavy (non-hydrogen) atoms. The molecule has 1 saturated carbocycles. The van der Waals surface area contributed by atoms with E-state index < -0.39 is 12.0 Å². The third-order valence-electron chi connectivity index (χ3n) is 3.53. The number of urea groups is 1. The van der Waals surface area contributed by atoms with Gasteiger partial charge in [-0.15, -0.1) is 11.3 Å². The fraction of sp³-hybridized carbons (Fsp3) is 0.583. The Hall–Kier alpha value is -1.63. The lowest BCUT2D eigenvalue weighted by Gasteiger charge is -2.20. The monoisotopic (exact) mass is 281 g/mol. The molecule has 0 bridgehead atoms. The molecule has 2 amide bonds. The molecule has 0 aromatic carbocycles. The van der Waals surface area contributed by atoms with Gasteiger partial charge in [0.1, 0.15) is 6.04 Å². The van der Waals surface area contributed by atoms with Crippen LogP contribution >= 0.6 is 11.3 Å². The van der Waals surface area contributed by atoms with Crippen LogP contribution < -0.4 is 5.32 Å². The summed E-state index contributed by atoms with van der Waals surface area (Å²) in [4.78, 5) is 28.8. The number of amides is 2. The minimum Gasteiger partial charge on any atom is -0.480 e. The van der Waals surface area contributed by atoms with Crippen molar-refractivity contribution in [2.45, 2.75) is 37.6 Å². The van der Waals surface area contributed by atoms with Crippen molar-refractivity contribution >= 4 is 28.5 Å². The van der Waals surface area contributed by atoms with Gasteiger partial charge in [-0.05, 0) is 25.7 Å². The molecule has 1 aromatic heterocycles. The number of carboxylic acids is 1. The summed E-state index contributed by atoms with van der Waals surface area (Å²) in [6.45, 7) is 0.490. The normalized spacial score (nSPS) is 22.5. The van der Waals surface area contributed by atoms with E-state index in [1.54, 1.807) is 0 Å². The summed E-state index contributed by atoms with van der Waals surface area (Å²) in [6, 6.07) is -1.07. The second kappa shape index (κ2) is 4.80. The number of aliphatic carboxylic acids is 1. The van der Waals surface area contributed by atoms with Gasteiger partial charge < -0.3 is 10.0 Å². The molecular formula is C12H15N3O3S. The first-order valence-electron chi connectivity index (χ1n) is 6.41. The van der Waals surface area contributed by atoms with Crippen molar-refractivity contribution in [3.8, 4) is 0 Å². The summed E-state index contributed by atoms with van der Waals surface area (Å²) in [5.74, 6) is -0.383. The number of hydrogen-bond donors (Lipinski definition) is 2. The van der Waals surface area contributed by atoms with Crippen molar-refractivity contribution in [3.05, 3.63) is 11.1 Å². The Kier molecular flexibility index (Phi) is 3.14. The lowest BCUT2D eigenvalue weighted by Crippen LogP contribution is -2.42. The SMILES string of the molecule is O=C(O)[C@H]1CCCN1C(=O)Nc1nc(C2CC2)cs1. The number of carbonyl (C=O) groups is 2. The highest BCUT2D eigenvalue weighted by molar-refractivity contribution is 7.13. The van der Waals surface area contributed by atoms with E-state index in [0.717, 1.165) is 12.1 Å². The van der Waals surface area contributed by atoms with E-state index in [9.17, 15) is 9.59 Å². The number of carbonyl (C=O) groups excluding carboxylic acids is 1. The highest BCUT2D eigenvalue weighted by Gasteiger charge is 2.34. The summed E-state index contributed by atoms with van der Waals surface area (Å²) >= 11 is 1.40. The van der Waals surface area contributed by atoms with Gasteiger partial charge in [0, 0.05) is 17.8 Å². The number of nitrogens with zero attached hydrogens (tertiary/aromatic N) is 2. The molecule has 1 aliphatic carbocycles. The molecule has 1 saturated heterocycles. The number of anilines is 1. The molecule has 2 aliphatic rings.